The molecule has 2 N–H and O–H groups in total. The highest BCUT2D eigenvalue weighted by Crippen LogP contribution is 2.29. The molecular formula is C23H28BrClN4OS. The third-order valence-electron chi connectivity index (χ3n) is 5.74. The molecule has 0 saturated carbocycles. The van der Waals surface area contributed by atoms with Crippen molar-refractivity contribution in [2.24, 2.45) is 0 Å². The van der Waals surface area contributed by atoms with Gasteiger partial charge in [-0.2, -0.15) is 0 Å². The molecule has 31 heavy (non-hydrogen) atoms. The van der Waals surface area contributed by atoms with Gasteiger partial charge in [-0.3, -0.25) is 4.90 Å². The molecule has 0 aliphatic carbocycles. The van der Waals surface area contributed by atoms with Gasteiger partial charge in [0.15, 0.2) is 5.11 Å². The van der Waals surface area contributed by atoms with Crippen molar-refractivity contribution >= 4 is 50.5 Å². The summed E-state index contributed by atoms with van der Waals surface area (Å²) in [6.45, 7) is 6.78. The van der Waals surface area contributed by atoms with Crippen LogP contribution in [-0.2, 0) is 6.54 Å². The second-order valence-electron chi connectivity index (χ2n) is 8.03. The van der Waals surface area contributed by atoms with Crippen LogP contribution in [0.1, 0.15) is 18.4 Å². The topological polar surface area (TPSA) is 39.8 Å². The van der Waals surface area contributed by atoms with Crippen LogP contribution in [0.2, 0.25) is 5.02 Å². The predicted molar refractivity (Wildman–Crippen MR) is 135 cm³/mol. The Morgan fingerprint density at radius 1 is 1.10 bits per heavy atom. The number of hydrogen-bond donors (Lipinski definition) is 2. The van der Waals surface area contributed by atoms with Crippen LogP contribution in [0.3, 0.4) is 0 Å². The van der Waals surface area contributed by atoms with Crippen LogP contribution < -0.4 is 15.4 Å². The molecule has 2 heterocycles. The van der Waals surface area contributed by atoms with E-state index in [9.17, 15) is 0 Å². The van der Waals surface area contributed by atoms with Crippen LogP contribution >= 0.6 is 39.7 Å². The van der Waals surface area contributed by atoms with Crippen molar-refractivity contribution < 1.29 is 4.74 Å². The van der Waals surface area contributed by atoms with Gasteiger partial charge in [0.25, 0.3) is 0 Å². The summed E-state index contributed by atoms with van der Waals surface area (Å²) in [4.78, 5) is 4.70. The fourth-order valence-electron chi connectivity index (χ4n) is 3.93. The van der Waals surface area contributed by atoms with E-state index in [1.165, 1.54) is 5.56 Å². The van der Waals surface area contributed by atoms with Crippen molar-refractivity contribution in [1.29, 1.82) is 0 Å². The Balaban J connectivity index is 1.25. The molecule has 0 spiro atoms. The van der Waals surface area contributed by atoms with E-state index in [2.05, 4.69) is 54.6 Å². The fraction of sp³-hybridized carbons (Fsp3) is 0.435. The van der Waals surface area contributed by atoms with E-state index in [1.807, 2.05) is 24.3 Å². The molecule has 0 aromatic heterocycles. The molecule has 0 atom stereocenters. The molecule has 8 heteroatoms. The van der Waals surface area contributed by atoms with Crippen molar-refractivity contribution in [1.82, 2.24) is 15.1 Å². The standard InChI is InChI=1S/C23H28BrClN4OS/c24-21-15-17(1-6-22(21)30-20-7-9-26-10-8-20)16-28-11-13-29(14-12-28)23(31)27-19-4-2-18(25)3-5-19/h1-6,15,20,26H,7-14,16H2,(H,27,31). The molecule has 5 nitrogen and oxygen atoms in total. The Hall–Kier alpha value is -1.38. The zero-order valence-electron chi connectivity index (χ0n) is 17.4. The molecule has 2 fully saturated rings. The number of nitrogens with zero attached hydrogens (tertiary/aromatic N) is 2. The third-order valence-corrected chi connectivity index (χ3v) is 6.97. The average Bonchev–Trinajstić information content (AvgIpc) is 2.78. The molecule has 0 amide bonds. The van der Waals surface area contributed by atoms with E-state index in [0.717, 1.165) is 84.7 Å². The number of rotatable bonds is 5. The van der Waals surface area contributed by atoms with Gasteiger partial charge in [-0.05, 0) is 96.0 Å². The Morgan fingerprint density at radius 2 is 1.81 bits per heavy atom. The molecule has 2 aliphatic heterocycles. The van der Waals surface area contributed by atoms with Crippen LogP contribution in [-0.4, -0.2) is 60.3 Å². The van der Waals surface area contributed by atoms with Crippen molar-refractivity contribution in [3.05, 3.63) is 57.5 Å². The monoisotopic (exact) mass is 522 g/mol. The van der Waals surface area contributed by atoms with Crippen molar-refractivity contribution in [2.45, 2.75) is 25.5 Å². The van der Waals surface area contributed by atoms with Crippen LogP contribution in [0.5, 0.6) is 5.75 Å². The summed E-state index contributed by atoms with van der Waals surface area (Å²) in [5, 5.41) is 8.18. The lowest BCUT2D eigenvalue weighted by molar-refractivity contribution is 0.161. The summed E-state index contributed by atoms with van der Waals surface area (Å²) < 4.78 is 7.23. The molecule has 2 aromatic rings. The zero-order valence-corrected chi connectivity index (χ0v) is 20.6. The minimum Gasteiger partial charge on any atom is -0.489 e. The third kappa shape index (κ3) is 6.56. The fourth-order valence-corrected chi connectivity index (χ4v) is 4.88. The second kappa shape index (κ2) is 11.0. The van der Waals surface area contributed by atoms with Crippen molar-refractivity contribution in [2.75, 3.05) is 44.6 Å². The van der Waals surface area contributed by atoms with Gasteiger partial charge in [0, 0.05) is 43.4 Å². The first-order valence-electron chi connectivity index (χ1n) is 10.8. The number of nitrogens with one attached hydrogen (secondary N) is 2. The minimum absolute atomic E-state index is 0.307. The van der Waals surface area contributed by atoms with Gasteiger partial charge in [-0.25, -0.2) is 0 Å². The first kappa shape index (κ1) is 22.8. The smallest absolute Gasteiger partial charge is 0.173 e. The van der Waals surface area contributed by atoms with Crippen LogP contribution in [0.4, 0.5) is 5.69 Å². The molecule has 0 bridgehead atoms. The lowest BCUT2D eigenvalue weighted by atomic mass is 10.1. The van der Waals surface area contributed by atoms with E-state index in [-0.39, 0.29) is 0 Å². The first-order chi connectivity index (χ1) is 15.1. The van der Waals surface area contributed by atoms with E-state index in [1.54, 1.807) is 0 Å². The Kier molecular flexibility index (Phi) is 8.07. The van der Waals surface area contributed by atoms with Gasteiger partial charge in [0.05, 0.1) is 4.47 Å². The highest BCUT2D eigenvalue weighted by Gasteiger charge is 2.20. The zero-order chi connectivity index (χ0) is 21.6. The van der Waals surface area contributed by atoms with Gasteiger partial charge >= 0.3 is 0 Å². The number of thiocarbonyl (C=S) groups is 1. The summed E-state index contributed by atoms with van der Waals surface area (Å²) in [6.07, 6.45) is 2.43. The summed E-state index contributed by atoms with van der Waals surface area (Å²) in [5.41, 5.74) is 2.26. The summed E-state index contributed by atoms with van der Waals surface area (Å²) in [5.74, 6) is 0.944. The molecule has 2 saturated heterocycles. The number of piperazine rings is 1. The Labute approximate surface area is 203 Å². The molecule has 2 aromatic carbocycles. The van der Waals surface area contributed by atoms with Gasteiger partial charge in [-0.15, -0.1) is 0 Å². The maximum Gasteiger partial charge on any atom is 0.173 e. The largest absolute Gasteiger partial charge is 0.489 e. The molecule has 0 unspecified atom stereocenters. The van der Waals surface area contributed by atoms with Gasteiger partial charge in [0.1, 0.15) is 11.9 Å². The van der Waals surface area contributed by atoms with E-state index in [0.29, 0.717) is 6.10 Å². The van der Waals surface area contributed by atoms with Gasteiger partial charge in [-0.1, -0.05) is 17.7 Å². The maximum atomic E-state index is 6.19. The number of piperidine rings is 1. The Morgan fingerprint density at radius 3 is 2.48 bits per heavy atom. The lowest BCUT2D eigenvalue weighted by Crippen LogP contribution is -2.49. The Bertz CT molecular complexity index is 884. The van der Waals surface area contributed by atoms with Crippen molar-refractivity contribution in [3.8, 4) is 5.75 Å². The number of anilines is 1. The molecule has 2 aliphatic rings. The SMILES string of the molecule is S=C(Nc1ccc(Cl)cc1)N1CCN(Cc2ccc(OC3CCNCC3)c(Br)c2)CC1. The highest BCUT2D eigenvalue weighted by molar-refractivity contribution is 9.10. The van der Waals surface area contributed by atoms with Crippen molar-refractivity contribution in [3.63, 3.8) is 0 Å². The van der Waals surface area contributed by atoms with E-state index < -0.39 is 0 Å². The van der Waals surface area contributed by atoms with Gasteiger partial charge in [0.2, 0.25) is 0 Å². The lowest BCUT2D eigenvalue weighted by Gasteiger charge is -2.36. The normalized spacial score (nSPS) is 18.1. The van der Waals surface area contributed by atoms with Gasteiger partial charge < -0.3 is 20.3 Å². The molecule has 166 valence electrons. The predicted octanol–water partition coefficient (Wildman–Crippen LogP) is 4.75. The number of benzene rings is 2. The minimum atomic E-state index is 0.307. The van der Waals surface area contributed by atoms with Crippen LogP contribution in [0, 0.1) is 0 Å². The maximum absolute atomic E-state index is 6.19. The molecule has 0 radical (unpaired) electrons. The number of halogens is 2. The average molecular weight is 524 g/mol. The number of hydrogen-bond acceptors (Lipinski definition) is 4. The quantitative estimate of drug-likeness (QED) is 0.551. The van der Waals surface area contributed by atoms with Crippen LogP contribution in [0.25, 0.3) is 0 Å². The number of ether oxygens (including phenoxy) is 1. The molecule has 4 rings (SSSR count). The first-order valence-corrected chi connectivity index (χ1v) is 12.3. The highest BCUT2D eigenvalue weighted by atomic mass is 79.9. The summed E-state index contributed by atoms with van der Waals surface area (Å²) in [7, 11) is 0. The van der Waals surface area contributed by atoms with E-state index >= 15 is 0 Å². The summed E-state index contributed by atoms with van der Waals surface area (Å²) in [6, 6.07) is 14.1. The van der Waals surface area contributed by atoms with E-state index in [4.69, 9.17) is 28.6 Å². The molecular weight excluding hydrogens is 496 g/mol. The van der Waals surface area contributed by atoms with Crippen LogP contribution in [0.15, 0.2) is 46.9 Å². The summed E-state index contributed by atoms with van der Waals surface area (Å²) >= 11 is 15.3. The second-order valence-corrected chi connectivity index (χ2v) is 9.71.